The van der Waals surface area contributed by atoms with Gasteiger partial charge in [0.25, 0.3) is 5.91 Å². The van der Waals surface area contributed by atoms with Crippen LogP contribution in [0.5, 0.6) is 5.75 Å². The first-order chi connectivity index (χ1) is 20.0. The van der Waals surface area contributed by atoms with E-state index in [1.165, 1.54) is 0 Å². The lowest BCUT2D eigenvalue weighted by Gasteiger charge is -2.40. The van der Waals surface area contributed by atoms with Crippen molar-refractivity contribution in [2.24, 2.45) is 0 Å². The SMILES string of the molecule is CC(C)(Cc1cccc(C(=O)NCCc2ccc(Cl)c(Cl)c2)c1)NC[C@H](O[Si](C)(C)C(C)(C)C)c1ccc(O)c(CO)c1. The molecule has 0 aliphatic heterocycles. The number of aliphatic hydroxyl groups excluding tert-OH is 1. The average Bonchev–Trinajstić information content (AvgIpc) is 2.92. The zero-order valence-corrected chi connectivity index (χ0v) is 28.9. The number of halogens is 2. The van der Waals surface area contributed by atoms with E-state index in [4.69, 9.17) is 27.6 Å². The second kappa shape index (κ2) is 14.6. The molecule has 0 heterocycles. The molecular formula is C34H46Cl2N2O4Si. The minimum Gasteiger partial charge on any atom is -0.508 e. The molecule has 0 radical (unpaired) electrons. The van der Waals surface area contributed by atoms with Gasteiger partial charge in [-0.3, -0.25) is 4.79 Å². The highest BCUT2D eigenvalue weighted by atomic mass is 35.5. The summed E-state index contributed by atoms with van der Waals surface area (Å²) >= 11 is 12.1. The number of phenols is 1. The molecule has 1 atom stereocenters. The van der Waals surface area contributed by atoms with Crippen molar-refractivity contribution in [1.29, 1.82) is 0 Å². The fourth-order valence-corrected chi connectivity index (χ4v) is 6.18. The van der Waals surface area contributed by atoms with Gasteiger partial charge in [-0.05, 0) is 97.9 Å². The fourth-order valence-electron chi connectivity index (χ4n) is 4.57. The predicted octanol–water partition coefficient (Wildman–Crippen LogP) is 7.84. The fraction of sp³-hybridized carbons (Fsp3) is 0.441. The number of carbonyl (C=O) groups is 1. The van der Waals surface area contributed by atoms with Gasteiger partial charge in [-0.2, -0.15) is 0 Å². The van der Waals surface area contributed by atoms with Gasteiger partial charge in [0.05, 0.1) is 22.8 Å². The molecule has 6 nitrogen and oxygen atoms in total. The summed E-state index contributed by atoms with van der Waals surface area (Å²) in [4.78, 5) is 12.9. The van der Waals surface area contributed by atoms with Gasteiger partial charge in [-0.1, -0.05) is 68.2 Å². The second-order valence-corrected chi connectivity index (χ2v) is 18.9. The molecule has 3 aromatic rings. The smallest absolute Gasteiger partial charge is 0.251 e. The van der Waals surface area contributed by atoms with Gasteiger partial charge in [0.1, 0.15) is 5.75 Å². The summed E-state index contributed by atoms with van der Waals surface area (Å²) in [5.74, 6) is -0.0496. The Labute approximate surface area is 267 Å². The third-order valence-electron chi connectivity index (χ3n) is 8.17. The highest BCUT2D eigenvalue weighted by molar-refractivity contribution is 6.74. The van der Waals surface area contributed by atoms with E-state index in [9.17, 15) is 15.0 Å². The molecule has 1 amide bonds. The molecule has 43 heavy (non-hydrogen) atoms. The van der Waals surface area contributed by atoms with Crippen molar-refractivity contribution in [3.8, 4) is 5.75 Å². The molecule has 0 unspecified atom stereocenters. The van der Waals surface area contributed by atoms with E-state index in [0.29, 0.717) is 47.1 Å². The molecule has 0 saturated carbocycles. The van der Waals surface area contributed by atoms with Crippen LogP contribution in [0, 0.1) is 0 Å². The van der Waals surface area contributed by atoms with Gasteiger partial charge in [-0.25, -0.2) is 0 Å². The number of amides is 1. The van der Waals surface area contributed by atoms with E-state index in [-0.39, 0.29) is 34.9 Å². The number of aromatic hydroxyl groups is 1. The molecule has 0 aliphatic carbocycles. The molecule has 3 aromatic carbocycles. The van der Waals surface area contributed by atoms with Crippen LogP contribution in [-0.4, -0.2) is 43.1 Å². The number of carbonyl (C=O) groups excluding carboxylic acids is 1. The van der Waals surface area contributed by atoms with Gasteiger partial charge in [0.2, 0.25) is 0 Å². The van der Waals surface area contributed by atoms with Crippen molar-refractivity contribution in [3.05, 3.63) is 98.5 Å². The Kier molecular flexibility index (Phi) is 11.9. The van der Waals surface area contributed by atoms with E-state index >= 15 is 0 Å². The van der Waals surface area contributed by atoms with Gasteiger partial charge in [0, 0.05) is 29.8 Å². The van der Waals surface area contributed by atoms with Gasteiger partial charge >= 0.3 is 0 Å². The monoisotopic (exact) mass is 644 g/mol. The van der Waals surface area contributed by atoms with Gasteiger partial charge < -0.3 is 25.3 Å². The normalized spacial score (nSPS) is 13.2. The largest absolute Gasteiger partial charge is 0.508 e. The van der Waals surface area contributed by atoms with Crippen molar-refractivity contribution >= 4 is 37.4 Å². The van der Waals surface area contributed by atoms with Crippen LogP contribution in [0.15, 0.2) is 60.7 Å². The maximum atomic E-state index is 12.9. The van der Waals surface area contributed by atoms with Gasteiger partial charge in [0.15, 0.2) is 8.32 Å². The summed E-state index contributed by atoms with van der Waals surface area (Å²) < 4.78 is 6.85. The van der Waals surface area contributed by atoms with E-state index in [0.717, 1.165) is 16.7 Å². The summed E-state index contributed by atoms with van der Waals surface area (Å²) in [7, 11) is -2.14. The lowest BCUT2D eigenvalue weighted by atomic mass is 9.93. The molecule has 0 fully saturated rings. The highest BCUT2D eigenvalue weighted by Gasteiger charge is 2.39. The number of hydrogen-bond acceptors (Lipinski definition) is 5. The van der Waals surface area contributed by atoms with E-state index < -0.39 is 8.32 Å². The van der Waals surface area contributed by atoms with Crippen LogP contribution in [0.2, 0.25) is 28.2 Å². The standard InChI is InChI=1S/C34H46Cl2N2O4Si/c1-33(2,3)43(6,7)42-31(25-12-14-30(40)27(19-25)22-39)21-38-34(4,5)20-24-9-8-10-26(17-24)32(41)37-16-15-23-11-13-28(35)29(36)18-23/h8-14,17-19,31,38-40H,15-16,20-22H2,1-7H3,(H,37,41)/t31-/m0/s1. The summed E-state index contributed by atoms with van der Waals surface area (Å²) in [5.41, 5.74) is 3.74. The van der Waals surface area contributed by atoms with Crippen LogP contribution in [0.3, 0.4) is 0 Å². The molecule has 0 spiro atoms. The lowest BCUT2D eigenvalue weighted by Crippen LogP contribution is -2.47. The molecule has 0 aliphatic rings. The number of rotatable bonds is 13. The first-order valence-electron chi connectivity index (χ1n) is 14.7. The Morgan fingerprint density at radius 1 is 0.953 bits per heavy atom. The number of hydrogen-bond donors (Lipinski definition) is 4. The topological polar surface area (TPSA) is 90.8 Å². The maximum absolute atomic E-state index is 12.9. The summed E-state index contributed by atoms with van der Waals surface area (Å²) in [5, 5.41) is 27.6. The predicted molar refractivity (Wildman–Crippen MR) is 180 cm³/mol. The third kappa shape index (κ3) is 10.1. The molecular weight excluding hydrogens is 599 g/mol. The minimum absolute atomic E-state index is 0.0143. The molecule has 0 saturated heterocycles. The van der Waals surface area contributed by atoms with E-state index in [1.807, 2.05) is 48.5 Å². The Morgan fingerprint density at radius 2 is 1.67 bits per heavy atom. The zero-order valence-electron chi connectivity index (χ0n) is 26.4. The summed E-state index contributed by atoms with van der Waals surface area (Å²) in [6.45, 7) is 16.1. The average molecular weight is 646 g/mol. The number of benzene rings is 3. The Bertz CT molecular complexity index is 1410. The summed E-state index contributed by atoms with van der Waals surface area (Å²) in [6.07, 6.45) is 1.08. The van der Waals surface area contributed by atoms with Crippen molar-refractivity contribution in [1.82, 2.24) is 10.6 Å². The molecule has 3 rings (SSSR count). The van der Waals surface area contributed by atoms with Crippen LogP contribution in [-0.2, 0) is 23.9 Å². The van der Waals surface area contributed by atoms with E-state index in [2.05, 4.69) is 58.3 Å². The Morgan fingerprint density at radius 3 is 2.33 bits per heavy atom. The van der Waals surface area contributed by atoms with E-state index in [1.54, 1.807) is 12.1 Å². The molecule has 9 heteroatoms. The quantitative estimate of drug-likeness (QED) is 0.142. The van der Waals surface area contributed by atoms with Crippen LogP contribution < -0.4 is 10.6 Å². The first-order valence-corrected chi connectivity index (χ1v) is 18.3. The highest BCUT2D eigenvalue weighted by Crippen LogP contribution is 2.40. The molecule has 4 N–H and O–H groups in total. The van der Waals surface area contributed by atoms with Crippen molar-refractivity contribution in [3.63, 3.8) is 0 Å². The molecule has 234 valence electrons. The van der Waals surface area contributed by atoms with Crippen LogP contribution in [0.1, 0.15) is 73.3 Å². The summed E-state index contributed by atoms with van der Waals surface area (Å²) in [6, 6.07) is 18.5. The number of nitrogens with one attached hydrogen (secondary N) is 2. The Balaban J connectivity index is 1.68. The van der Waals surface area contributed by atoms with Crippen molar-refractivity contribution in [2.45, 2.75) is 83.8 Å². The lowest BCUT2D eigenvalue weighted by molar-refractivity contribution is 0.0954. The second-order valence-electron chi connectivity index (χ2n) is 13.3. The Hall–Kier alpha value is -2.39. The first kappa shape index (κ1) is 35.1. The van der Waals surface area contributed by atoms with Gasteiger partial charge in [-0.15, -0.1) is 0 Å². The zero-order chi connectivity index (χ0) is 32.0. The molecule has 0 bridgehead atoms. The maximum Gasteiger partial charge on any atom is 0.251 e. The molecule has 0 aromatic heterocycles. The van der Waals surface area contributed by atoms with Crippen LogP contribution in [0.25, 0.3) is 0 Å². The third-order valence-corrected chi connectivity index (χ3v) is 13.4. The van der Waals surface area contributed by atoms with Crippen molar-refractivity contribution in [2.75, 3.05) is 13.1 Å². The van der Waals surface area contributed by atoms with Crippen LogP contribution >= 0.6 is 23.2 Å². The minimum atomic E-state index is -2.14. The van der Waals surface area contributed by atoms with Crippen molar-refractivity contribution < 1.29 is 19.4 Å². The van der Waals surface area contributed by atoms with Crippen LogP contribution in [0.4, 0.5) is 0 Å². The number of aliphatic hydroxyl groups is 1.